The topological polar surface area (TPSA) is 56.3 Å². The van der Waals surface area contributed by atoms with Crippen molar-refractivity contribution in [2.45, 2.75) is 13.5 Å². The number of ether oxygens (including phenoxy) is 1. The number of aromatic nitrogens is 1. The first kappa shape index (κ1) is 22.8. The largest absolute Gasteiger partial charge is 0.488 e. The number of aryl methyl sites for hydroxylation is 1. The summed E-state index contributed by atoms with van der Waals surface area (Å²) in [6.45, 7) is 2.01. The third-order valence-electron chi connectivity index (χ3n) is 5.25. The molecule has 5 heteroatoms. The zero-order chi connectivity index (χ0) is 23.9. The number of benzene rings is 3. The minimum absolute atomic E-state index is 0.0470. The molecule has 1 heterocycles. The van der Waals surface area contributed by atoms with Crippen LogP contribution in [0.15, 0.2) is 97.3 Å². The van der Waals surface area contributed by atoms with Crippen LogP contribution in [-0.4, -0.2) is 16.6 Å². The third kappa shape index (κ3) is 5.51. The molecule has 0 aliphatic carbocycles. The molecule has 1 aromatic heterocycles. The molecule has 34 heavy (non-hydrogen) atoms. The first-order valence-corrected chi connectivity index (χ1v) is 10.8. The molecule has 3 aromatic carbocycles. The van der Waals surface area contributed by atoms with E-state index < -0.39 is 11.6 Å². The number of pyridine rings is 1. The Kier molecular flexibility index (Phi) is 7.04. The van der Waals surface area contributed by atoms with Gasteiger partial charge in [-0.1, -0.05) is 42.5 Å². The van der Waals surface area contributed by atoms with Crippen LogP contribution in [0.1, 0.15) is 43.0 Å². The first-order chi connectivity index (χ1) is 16.5. The van der Waals surface area contributed by atoms with Gasteiger partial charge in [-0.3, -0.25) is 14.6 Å². The Labute approximate surface area is 197 Å². The number of hydrogen-bond acceptors (Lipinski definition) is 4. The zero-order valence-corrected chi connectivity index (χ0v) is 18.6. The highest BCUT2D eigenvalue weighted by Gasteiger charge is 2.18. The fourth-order valence-corrected chi connectivity index (χ4v) is 3.42. The SMILES string of the molecule is Cc1ccc(C(=O)c2ccc(OCc3ccccc3)c(C(=O)C=Cc3ccncc3)c2)c(F)c1. The summed E-state index contributed by atoms with van der Waals surface area (Å²) in [5.41, 5.74) is 2.85. The Bertz CT molecular complexity index is 1350. The molecule has 0 bridgehead atoms. The molecule has 0 atom stereocenters. The highest BCUT2D eigenvalue weighted by molar-refractivity contribution is 6.13. The van der Waals surface area contributed by atoms with Gasteiger partial charge in [0.15, 0.2) is 11.6 Å². The summed E-state index contributed by atoms with van der Waals surface area (Å²) in [7, 11) is 0. The van der Waals surface area contributed by atoms with Gasteiger partial charge in [0.05, 0.1) is 11.1 Å². The van der Waals surface area contributed by atoms with E-state index in [1.54, 1.807) is 55.7 Å². The summed E-state index contributed by atoms with van der Waals surface area (Å²) in [6.07, 6.45) is 6.35. The number of hydrogen-bond donors (Lipinski definition) is 0. The van der Waals surface area contributed by atoms with Crippen LogP contribution in [0.5, 0.6) is 5.75 Å². The molecule has 4 rings (SSSR count). The van der Waals surface area contributed by atoms with E-state index in [1.807, 2.05) is 30.3 Å². The molecule has 0 fully saturated rings. The van der Waals surface area contributed by atoms with Gasteiger partial charge in [-0.05, 0) is 72.2 Å². The van der Waals surface area contributed by atoms with Crippen LogP contribution in [-0.2, 0) is 6.61 Å². The molecular weight excluding hydrogens is 429 g/mol. The predicted octanol–water partition coefficient (Wildman–Crippen LogP) is 6.24. The normalized spacial score (nSPS) is 10.9. The van der Waals surface area contributed by atoms with Crippen LogP contribution >= 0.6 is 0 Å². The number of carbonyl (C=O) groups is 2. The van der Waals surface area contributed by atoms with Crippen LogP contribution in [0.2, 0.25) is 0 Å². The van der Waals surface area contributed by atoms with E-state index >= 15 is 0 Å². The minimum atomic E-state index is -0.597. The summed E-state index contributed by atoms with van der Waals surface area (Å²) in [6, 6.07) is 22.1. The first-order valence-electron chi connectivity index (χ1n) is 10.8. The second kappa shape index (κ2) is 10.5. The number of rotatable bonds is 8. The second-order valence-electron chi connectivity index (χ2n) is 7.78. The fourth-order valence-electron chi connectivity index (χ4n) is 3.42. The Morgan fingerprint density at radius 3 is 2.41 bits per heavy atom. The zero-order valence-electron chi connectivity index (χ0n) is 18.6. The standard InChI is InChI=1S/C29H22FNO3/c1-20-7-10-24(26(30)17-20)29(33)23-9-12-28(34-19-22-5-3-2-4-6-22)25(18-23)27(32)11-8-21-13-15-31-16-14-21/h2-18H,19H2,1H3. The minimum Gasteiger partial charge on any atom is -0.488 e. The van der Waals surface area contributed by atoms with E-state index in [1.165, 1.54) is 24.3 Å². The molecule has 4 aromatic rings. The molecule has 168 valence electrons. The van der Waals surface area contributed by atoms with E-state index in [4.69, 9.17) is 4.74 Å². The average Bonchev–Trinajstić information content (AvgIpc) is 2.87. The number of ketones is 2. The molecule has 0 saturated heterocycles. The third-order valence-corrected chi connectivity index (χ3v) is 5.25. The van der Waals surface area contributed by atoms with Crippen LogP contribution in [0, 0.1) is 12.7 Å². The fraction of sp³-hybridized carbons (Fsp3) is 0.0690. The molecule has 0 saturated carbocycles. The van der Waals surface area contributed by atoms with Gasteiger partial charge < -0.3 is 4.74 Å². The Balaban J connectivity index is 1.67. The van der Waals surface area contributed by atoms with Crippen molar-refractivity contribution >= 4 is 17.6 Å². The summed E-state index contributed by atoms with van der Waals surface area (Å²) >= 11 is 0. The maximum absolute atomic E-state index is 14.4. The molecule has 0 unspecified atom stereocenters. The van der Waals surface area contributed by atoms with Crippen LogP contribution < -0.4 is 4.74 Å². The van der Waals surface area contributed by atoms with Gasteiger partial charge in [-0.15, -0.1) is 0 Å². The van der Waals surface area contributed by atoms with Crippen molar-refractivity contribution in [2.75, 3.05) is 0 Å². The number of carbonyl (C=O) groups excluding carboxylic acids is 2. The van der Waals surface area contributed by atoms with Crippen molar-refractivity contribution in [3.8, 4) is 5.75 Å². The molecule has 0 N–H and O–H groups in total. The molecule has 0 radical (unpaired) electrons. The van der Waals surface area contributed by atoms with E-state index in [0.717, 1.165) is 16.7 Å². The maximum atomic E-state index is 14.4. The number of halogens is 1. The summed E-state index contributed by atoms with van der Waals surface area (Å²) in [5, 5.41) is 0. The van der Waals surface area contributed by atoms with Crippen LogP contribution in [0.4, 0.5) is 4.39 Å². The van der Waals surface area contributed by atoms with Gasteiger partial charge in [-0.2, -0.15) is 0 Å². The van der Waals surface area contributed by atoms with Crippen molar-refractivity contribution in [3.05, 3.63) is 137 Å². The van der Waals surface area contributed by atoms with Crippen LogP contribution in [0.3, 0.4) is 0 Å². The molecule has 0 aliphatic heterocycles. The Morgan fingerprint density at radius 2 is 1.68 bits per heavy atom. The van der Waals surface area contributed by atoms with Crippen molar-refractivity contribution in [2.24, 2.45) is 0 Å². The van der Waals surface area contributed by atoms with Crippen molar-refractivity contribution in [1.82, 2.24) is 4.98 Å². The maximum Gasteiger partial charge on any atom is 0.195 e. The number of nitrogens with zero attached hydrogens (tertiary/aromatic N) is 1. The van der Waals surface area contributed by atoms with E-state index in [-0.39, 0.29) is 29.1 Å². The molecular formula is C29H22FNO3. The Morgan fingerprint density at radius 1 is 0.912 bits per heavy atom. The lowest BCUT2D eigenvalue weighted by Crippen LogP contribution is -2.08. The van der Waals surface area contributed by atoms with Gasteiger partial charge in [-0.25, -0.2) is 4.39 Å². The highest BCUT2D eigenvalue weighted by atomic mass is 19.1. The van der Waals surface area contributed by atoms with Crippen molar-refractivity contribution < 1.29 is 18.7 Å². The molecule has 0 amide bonds. The Hall–Kier alpha value is -4.38. The van der Waals surface area contributed by atoms with Gasteiger partial charge in [0.1, 0.15) is 18.2 Å². The number of allylic oxidation sites excluding steroid dienone is 1. The monoisotopic (exact) mass is 451 g/mol. The predicted molar refractivity (Wildman–Crippen MR) is 129 cm³/mol. The van der Waals surface area contributed by atoms with Crippen molar-refractivity contribution in [3.63, 3.8) is 0 Å². The average molecular weight is 451 g/mol. The van der Waals surface area contributed by atoms with Crippen LogP contribution in [0.25, 0.3) is 6.08 Å². The lowest BCUT2D eigenvalue weighted by molar-refractivity contribution is 0.103. The summed E-state index contributed by atoms with van der Waals surface area (Å²) < 4.78 is 20.3. The van der Waals surface area contributed by atoms with Crippen molar-refractivity contribution in [1.29, 1.82) is 0 Å². The lowest BCUT2D eigenvalue weighted by atomic mass is 9.98. The molecule has 0 spiro atoms. The van der Waals surface area contributed by atoms with Gasteiger partial charge in [0.25, 0.3) is 0 Å². The van der Waals surface area contributed by atoms with E-state index in [0.29, 0.717) is 5.75 Å². The molecule has 4 nitrogen and oxygen atoms in total. The van der Waals surface area contributed by atoms with Gasteiger partial charge >= 0.3 is 0 Å². The van der Waals surface area contributed by atoms with Gasteiger partial charge in [0.2, 0.25) is 0 Å². The highest BCUT2D eigenvalue weighted by Crippen LogP contribution is 2.25. The lowest BCUT2D eigenvalue weighted by Gasteiger charge is -2.12. The smallest absolute Gasteiger partial charge is 0.195 e. The van der Waals surface area contributed by atoms with Gasteiger partial charge in [0, 0.05) is 18.0 Å². The summed E-state index contributed by atoms with van der Waals surface area (Å²) in [5.74, 6) is -1.09. The quantitative estimate of drug-likeness (QED) is 0.235. The van der Waals surface area contributed by atoms with E-state index in [2.05, 4.69) is 4.98 Å². The van der Waals surface area contributed by atoms with E-state index in [9.17, 15) is 14.0 Å². The second-order valence-corrected chi connectivity index (χ2v) is 7.78. The molecule has 0 aliphatic rings. The summed E-state index contributed by atoms with van der Waals surface area (Å²) in [4.78, 5) is 30.1.